The number of halogens is 2. The zero-order chi connectivity index (χ0) is 11.9. The van der Waals surface area contributed by atoms with Crippen molar-refractivity contribution in [1.29, 1.82) is 0 Å². The van der Waals surface area contributed by atoms with Gasteiger partial charge < -0.3 is 0 Å². The summed E-state index contributed by atoms with van der Waals surface area (Å²) >= 11 is 0. The fourth-order valence-corrected chi connectivity index (χ4v) is 1.70. The number of rotatable bonds is 4. The van der Waals surface area contributed by atoms with Crippen LogP contribution < -0.4 is 0 Å². The summed E-state index contributed by atoms with van der Waals surface area (Å²) in [6.45, 7) is 1.84. The van der Waals surface area contributed by atoms with Crippen LogP contribution >= 0.6 is 0 Å². The smallest absolute Gasteiger partial charge is 0.262 e. The Morgan fingerprint density at radius 3 is 2.62 bits per heavy atom. The Morgan fingerprint density at radius 1 is 1.62 bits per heavy atom. The van der Waals surface area contributed by atoms with E-state index in [-0.39, 0.29) is 6.04 Å². The maximum absolute atomic E-state index is 12.5. The highest BCUT2D eigenvalue weighted by atomic mass is 19.3. The maximum atomic E-state index is 12.5. The minimum atomic E-state index is -2.91. The predicted molar refractivity (Wildman–Crippen MR) is 51.3 cm³/mol. The Hall–Kier alpha value is -1.53. The standard InChI is InChI=1S/C9H11F2N3O2/c1-5(6-2-3-6)13-4-7(14(15)16)8(12-13)9(10)11/h4-6,9H,2-3H2,1H3. The molecular formula is C9H11F2N3O2. The first kappa shape index (κ1) is 11.0. The molecule has 16 heavy (non-hydrogen) atoms. The monoisotopic (exact) mass is 231 g/mol. The lowest BCUT2D eigenvalue weighted by Gasteiger charge is -2.08. The lowest BCUT2D eigenvalue weighted by Crippen LogP contribution is -2.08. The maximum Gasteiger partial charge on any atom is 0.316 e. The molecule has 2 rings (SSSR count). The van der Waals surface area contributed by atoms with E-state index in [9.17, 15) is 18.9 Å². The van der Waals surface area contributed by atoms with E-state index < -0.39 is 22.7 Å². The molecule has 1 saturated carbocycles. The van der Waals surface area contributed by atoms with Crippen molar-refractivity contribution in [1.82, 2.24) is 9.78 Å². The molecule has 1 fully saturated rings. The molecular weight excluding hydrogens is 220 g/mol. The highest BCUT2D eigenvalue weighted by Gasteiger charge is 2.33. The van der Waals surface area contributed by atoms with Crippen LogP contribution in [0.3, 0.4) is 0 Å². The van der Waals surface area contributed by atoms with Gasteiger partial charge in [-0.05, 0) is 25.7 Å². The number of aromatic nitrogens is 2. The lowest BCUT2D eigenvalue weighted by molar-refractivity contribution is -0.386. The van der Waals surface area contributed by atoms with Crippen molar-refractivity contribution in [2.45, 2.75) is 32.2 Å². The molecule has 5 nitrogen and oxygen atoms in total. The minimum Gasteiger partial charge on any atom is -0.262 e. The molecule has 1 atom stereocenters. The van der Waals surface area contributed by atoms with Crippen LogP contribution in [0.2, 0.25) is 0 Å². The molecule has 1 aromatic heterocycles. The van der Waals surface area contributed by atoms with Gasteiger partial charge in [-0.1, -0.05) is 0 Å². The molecule has 1 aliphatic carbocycles. The van der Waals surface area contributed by atoms with Gasteiger partial charge in [0.2, 0.25) is 5.69 Å². The quantitative estimate of drug-likeness (QED) is 0.591. The molecule has 1 aromatic rings. The van der Waals surface area contributed by atoms with Gasteiger partial charge in [0.05, 0.1) is 11.0 Å². The van der Waals surface area contributed by atoms with Gasteiger partial charge in [0.1, 0.15) is 6.20 Å². The van der Waals surface area contributed by atoms with Crippen LogP contribution in [-0.4, -0.2) is 14.7 Å². The van der Waals surface area contributed by atoms with Crippen LogP contribution in [0.1, 0.15) is 37.9 Å². The van der Waals surface area contributed by atoms with Crippen molar-refractivity contribution in [2.24, 2.45) is 5.92 Å². The summed E-state index contributed by atoms with van der Waals surface area (Å²) in [5.74, 6) is 0.407. The van der Waals surface area contributed by atoms with E-state index in [4.69, 9.17) is 0 Å². The van der Waals surface area contributed by atoms with Crippen LogP contribution in [0.5, 0.6) is 0 Å². The van der Waals surface area contributed by atoms with Gasteiger partial charge >= 0.3 is 5.69 Å². The van der Waals surface area contributed by atoms with Crippen molar-refractivity contribution in [3.63, 3.8) is 0 Å². The van der Waals surface area contributed by atoms with Crippen molar-refractivity contribution < 1.29 is 13.7 Å². The van der Waals surface area contributed by atoms with Gasteiger partial charge in [-0.25, -0.2) is 8.78 Å². The highest BCUT2D eigenvalue weighted by molar-refractivity contribution is 5.33. The number of nitro groups is 1. The molecule has 1 unspecified atom stereocenters. The fraction of sp³-hybridized carbons (Fsp3) is 0.667. The normalized spacial score (nSPS) is 17.8. The van der Waals surface area contributed by atoms with Crippen LogP contribution in [0.4, 0.5) is 14.5 Å². The second-order valence-electron chi connectivity index (χ2n) is 4.02. The van der Waals surface area contributed by atoms with Crippen molar-refractivity contribution in [2.75, 3.05) is 0 Å². The van der Waals surface area contributed by atoms with Crippen LogP contribution in [0.15, 0.2) is 6.20 Å². The van der Waals surface area contributed by atoms with Crippen LogP contribution in [0.25, 0.3) is 0 Å². The Morgan fingerprint density at radius 2 is 2.25 bits per heavy atom. The van der Waals surface area contributed by atoms with E-state index in [1.54, 1.807) is 0 Å². The van der Waals surface area contributed by atoms with Gasteiger partial charge in [-0.3, -0.25) is 14.8 Å². The summed E-state index contributed by atoms with van der Waals surface area (Å²) in [6, 6.07) is -0.0498. The van der Waals surface area contributed by atoms with Gasteiger partial charge in [0.25, 0.3) is 6.43 Å². The van der Waals surface area contributed by atoms with Crippen LogP contribution in [0, 0.1) is 16.0 Å². The molecule has 0 bridgehead atoms. The van der Waals surface area contributed by atoms with E-state index in [0.29, 0.717) is 5.92 Å². The first-order chi connectivity index (χ1) is 7.50. The Kier molecular flexibility index (Phi) is 2.61. The zero-order valence-electron chi connectivity index (χ0n) is 8.64. The average molecular weight is 231 g/mol. The lowest BCUT2D eigenvalue weighted by atomic mass is 10.2. The molecule has 0 aliphatic heterocycles. The summed E-state index contributed by atoms with van der Waals surface area (Å²) in [6.07, 6.45) is 0.246. The van der Waals surface area contributed by atoms with Crippen molar-refractivity contribution in [3.8, 4) is 0 Å². The average Bonchev–Trinajstić information content (AvgIpc) is 2.94. The first-order valence-electron chi connectivity index (χ1n) is 5.02. The highest BCUT2D eigenvalue weighted by Crippen LogP contribution is 2.40. The Balaban J connectivity index is 2.33. The molecule has 7 heteroatoms. The zero-order valence-corrected chi connectivity index (χ0v) is 8.64. The van der Waals surface area contributed by atoms with E-state index in [2.05, 4.69) is 5.10 Å². The van der Waals surface area contributed by atoms with Gasteiger partial charge in [-0.2, -0.15) is 5.10 Å². The molecule has 1 heterocycles. The van der Waals surface area contributed by atoms with Gasteiger partial charge in [0.15, 0.2) is 0 Å². The molecule has 0 spiro atoms. The second-order valence-corrected chi connectivity index (χ2v) is 4.02. The van der Waals surface area contributed by atoms with Crippen molar-refractivity contribution in [3.05, 3.63) is 22.0 Å². The minimum absolute atomic E-state index is 0.0498. The number of hydrogen-bond acceptors (Lipinski definition) is 3. The number of alkyl halides is 2. The third kappa shape index (κ3) is 1.89. The van der Waals surface area contributed by atoms with Gasteiger partial charge in [-0.15, -0.1) is 0 Å². The number of nitrogens with zero attached hydrogens (tertiary/aromatic N) is 3. The molecule has 1 aliphatic rings. The SMILES string of the molecule is CC(C1CC1)n1cc([N+](=O)[O-])c(C(F)F)n1. The van der Waals surface area contributed by atoms with E-state index in [1.807, 2.05) is 6.92 Å². The largest absolute Gasteiger partial charge is 0.316 e. The topological polar surface area (TPSA) is 61.0 Å². The third-order valence-electron chi connectivity index (χ3n) is 2.87. The first-order valence-corrected chi connectivity index (χ1v) is 5.02. The Labute approximate surface area is 90.2 Å². The van der Waals surface area contributed by atoms with E-state index in [1.165, 1.54) is 4.68 Å². The molecule has 0 N–H and O–H groups in total. The molecule has 0 radical (unpaired) electrons. The summed E-state index contributed by atoms with van der Waals surface area (Å²) in [5.41, 5.74) is -1.33. The molecule has 88 valence electrons. The summed E-state index contributed by atoms with van der Waals surface area (Å²) in [4.78, 5) is 9.75. The molecule has 0 saturated heterocycles. The van der Waals surface area contributed by atoms with E-state index in [0.717, 1.165) is 19.0 Å². The van der Waals surface area contributed by atoms with Crippen molar-refractivity contribution >= 4 is 5.69 Å². The predicted octanol–water partition coefficient (Wildman–Crippen LogP) is 2.70. The summed E-state index contributed by atoms with van der Waals surface area (Å²) in [5, 5.41) is 14.2. The Bertz CT molecular complexity index is 415. The molecule has 0 aromatic carbocycles. The third-order valence-corrected chi connectivity index (χ3v) is 2.87. The van der Waals surface area contributed by atoms with Gasteiger partial charge in [0, 0.05) is 0 Å². The molecule has 0 amide bonds. The number of hydrogen-bond donors (Lipinski definition) is 0. The van der Waals surface area contributed by atoms with E-state index >= 15 is 0 Å². The second kappa shape index (κ2) is 3.80. The van der Waals surface area contributed by atoms with Crippen LogP contribution in [-0.2, 0) is 0 Å². The summed E-state index contributed by atoms with van der Waals surface area (Å²) in [7, 11) is 0. The fourth-order valence-electron chi connectivity index (χ4n) is 1.70. The summed E-state index contributed by atoms with van der Waals surface area (Å²) < 4.78 is 26.3.